The Balaban J connectivity index is 1.32. The average molecular weight is 570 g/mol. The highest BCUT2D eigenvalue weighted by molar-refractivity contribution is 6.99. The zero-order valence-corrected chi connectivity index (χ0v) is 23.6. The monoisotopic (exact) mass is 569 g/mol. The molecule has 0 radical (unpaired) electrons. The summed E-state index contributed by atoms with van der Waals surface area (Å²) < 4.78 is 49.7. The van der Waals surface area contributed by atoms with Crippen LogP contribution in [0.15, 0.2) is 42.5 Å². The first-order valence-corrected chi connectivity index (χ1v) is 16.5. The number of benzene rings is 2. The molecular formula is C30H34F3N3O3Si. The number of ether oxygens (including phenoxy) is 1. The van der Waals surface area contributed by atoms with Gasteiger partial charge in [-0.15, -0.1) is 0 Å². The summed E-state index contributed by atoms with van der Waals surface area (Å²) in [4.78, 5) is 18.7. The molecule has 2 aromatic carbocycles. The van der Waals surface area contributed by atoms with E-state index in [0.717, 1.165) is 60.1 Å². The van der Waals surface area contributed by atoms with Crippen LogP contribution in [0.5, 0.6) is 5.75 Å². The summed E-state index contributed by atoms with van der Waals surface area (Å²) in [5.74, 6) is 1.12. The Morgan fingerprint density at radius 1 is 1.18 bits per heavy atom. The van der Waals surface area contributed by atoms with Crippen molar-refractivity contribution in [3.63, 3.8) is 0 Å². The van der Waals surface area contributed by atoms with Gasteiger partial charge < -0.3 is 24.3 Å². The lowest BCUT2D eigenvalue weighted by atomic mass is 9.71. The van der Waals surface area contributed by atoms with Gasteiger partial charge in [0.1, 0.15) is 5.75 Å². The third kappa shape index (κ3) is 3.86. The van der Waals surface area contributed by atoms with Crippen LogP contribution in [0.2, 0.25) is 6.04 Å². The highest BCUT2D eigenvalue weighted by Gasteiger charge is 2.68. The van der Waals surface area contributed by atoms with Crippen molar-refractivity contribution in [2.45, 2.75) is 62.0 Å². The molecule has 0 unspecified atom stereocenters. The molecular weight excluding hydrogens is 535 g/mol. The van der Waals surface area contributed by atoms with Crippen LogP contribution < -0.4 is 10.1 Å². The number of alkyl halides is 3. The number of piperidine rings is 1. The summed E-state index contributed by atoms with van der Waals surface area (Å²) in [7, 11) is -1.06. The van der Waals surface area contributed by atoms with E-state index in [4.69, 9.17) is 4.74 Å². The molecule has 0 bridgehead atoms. The number of aromatic nitrogens is 1. The summed E-state index contributed by atoms with van der Waals surface area (Å²) in [5.41, 5.74) is 0.903. The Labute approximate surface area is 232 Å². The minimum absolute atomic E-state index is 0.142. The number of halogens is 3. The molecule has 3 aromatic rings. The molecule has 1 aromatic heterocycles. The quantitative estimate of drug-likeness (QED) is 0.456. The molecule has 3 aliphatic heterocycles. The first-order chi connectivity index (χ1) is 19.2. The van der Waals surface area contributed by atoms with Crippen LogP contribution in [-0.4, -0.2) is 66.2 Å². The van der Waals surface area contributed by atoms with Crippen molar-refractivity contribution >= 4 is 30.4 Å². The number of nitrogens with zero attached hydrogens (tertiary/aromatic N) is 2. The molecule has 2 atom stereocenters. The molecule has 1 aliphatic carbocycles. The molecule has 1 saturated carbocycles. The average Bonchev–Trinajstić information content (AvgIpc) is 3.41. The highest BCUT2D eigenvalue weighted by Crippen LogP contribution is 2.51. The molecule has 1 amide bonds. The van der Waals surface area contributed by atoms with Gasteiger partial charge in [-0.1, -0.05) is 24.6 Å². The molecule has 4 aliphatic rings. The Kier molecular flexibility index (Phi) is 5.93. The second-order valence-electron chi connectivity index (χ2n) is 12.2. The number of carbonyl (C=O) groups excluding carboxylic acids is 1. The van der Waals surface area contributed by atoms with Crippen molar-refractivity contribution < 1.29 is 27.8 Å². The minimum atomic E-state index is -4.45. The van der Waals surface area contributed by atoms with Crippen molar-refractivity contribution in [1.82, 2.24) is 14.4 Å². The van der Waals surface area contributed by atoms with Crippen molar-refractivity contribution in [3.05, 3.63) is 59.2 Å². The maximum absolute atomic E-state index is 14.0. The number of amides is 1. The van der Waals surface area contributed by atoms with Crippen LogP contribution in [0.25, 0.3) is 10.9 Å². The molecule has 40 heavy (non-hydrogen) atoms. The van der Waals surface area contributed by atoms with E-state index in [-0.39, 0.29) is 29.3 Å². The van der Waals surface area contributed by atoms with Gasteiger partial charge in [-0.3, -0.25) is 4.79 Å². The molecule has 4 heterocycles. The van der Waals surface area contributed by atoms with E-state index < -0.39 is 25.7 Å². The first kappa shape index (κ1) is 26.1. The fourth-order valence-corrected chi connectivity index (χ4v) is 12.4. The largest absolute Gasteiger partial charge is 0.497 e. The number of hydrogen-bond donors (Lipinski definition) is 2. The minimum Gasteiger partial charge on any atom is -0.497 e. The lowest BCUT2D eigenvalue weighted by Gasteiger charge is -2.51. The molecule has 3 fully saturated rings. The Morgan fingerprint density at radius 3 is 2.52 bits per heavy atom. The highest BCUT2D eigenvalue weighted by atomic mass is 28.3. The number of aliphatic hydroxyl groups is 1. The molecule has 2 spiro atoms. The number of fused-ring (bicyclic) bond motifs is 5. The number of rotatable bonds is 4. The number of carbonyl (C=O) groups is 1. The fraction of sp³-hybridized carbons (Fsp3) is 0.500. The van der Waals surface area contributed by atoms with Gasteiger partial charge in [0.05, 0.1) is 18.4 Å². The number of likely N-dealkylation sites (tertiary alicyclic amines) is 1. The number of aromatic amines is 1. The van der Waals surface area contributed by atoms with Gasteiger partial charge in [-0.05, 0) is 61.1 Å². The summed E-state index contributed by atoms with van der Waals surface area (Å²) in [6, 6.07) is 12.4. The van der Waals surface area contributed by atoms with E-state index in [0.29, 0.717) is 25.7 Å². The smallest absolute Gasteiger partial charge is 0.416 e. The van der Waals surface area contributed by atoms with Crippen LogP contribution in [-0.2, 0) is 22.9 Å². The summed E-state index contributed by atoms with van der Waals surface area (Å²) in [6.07, 6.45) is 0.0855. The van der Waals surface area contributed by atoms with Crippen LogP contribution >= 0.6 is 0 Å². The van der Waals surface area contributed by atoms with Crippen molar-refractivity contribution in [2.75, 3.05) is 26.7 Å². The first-order valence-electron chi connectivity index (χ1n) is 14.2. The van der Waals surface area contributed by atoms with Gasteiger partial charge in [-0.25, -0.2) is 0 Å². The van der Waals surface area contributed by atoms with Gasteiger partial charge in [0.15, 0.2) is 0 Å². The van der Waals surface area contributed by atoms with Crippen molar-refractivity contribution in [3.8, 4) is 5.75 Å². The normalized spacial score (nSPS) is 26.2. The molecule has 212 valence electrons. The van der Waals surface area contributed by atoms with Gasteiger partial charge in [-0.2, -0.15) is 13.2 Å². The summed E-state index contributed by atoms with van der Waals surface area (Å²) in [5, 5.41) is 13.3. The zero-order chi connectivity index (χ0) is 27.9. The van der Waals surface area contributed by atoms with E-state index in [9.17, 15) is 23.1 Å². The Morgan fingerprint density at radius 2 is 1.90 bits per heavy atom. The summed E-state index contributed by atoms with van der Waals surface area (Å²) in [6.45, 7) is 2.01. The maximum Gasteiger partial charge on any atom is 0.416 e. The van der Waals surface area contributed by atoms with E-state index in [1.165, 1.54) is 11.6 Å². The van der Waals surface area contributed by atoms with E-state index >= 15 is 0 Å². The van der Waals surface area contributed by atoms with Gasteiger partial charge in [0.2, 0.25) is 14.1 Å². The second kappa shape index (κ2) is 9.09. The van der Waals surface area contributed by atoms with E-state index in [2.05, 4.69) is 15.6 Å². The fourth-order valence-electron chi connectivity index (χ4n) is 7.58. The molecule has 10 heteroatoms. The lowest BCUT2D eigenvalue weighted by Crippen LogP contribution is -2.66. The van der Waals surface area contributed by atoms with Crippen LogP contribution in [0.4, 0.5) is 13.2 Å². The number of nitrogens with one attached hydrogen (secondary N) is 1. The van der Waals surface area contributed by atoms with E-state index in [1.54, 1.807) is 19.2 Å². The molecule has 2 N–H and O–H groups in total. The lowest BCUT2D eigenvalue weighted by molar-refractivity contribution is -0.140. The van der Waals surface area contributed by atoms with Gasteiger partial charge in [0.25, 0.3) is 0 Å². The van der Waals surface area contributed by atoms with Gasteiger partial charge >= 0.3 is 6.18 Å². The van der Waals surface area contributed by atoms with Gasteiger partial charge in [0, 0.05) is 59.8 Å². The third-order valence-corrected chi connectivity index (χ3v) is 14.6. The van der Waals surface area contributed by atoms with Crippen LogP contribution in [0.3, 0.4) is 0 Å². The van der Waals surface area contributed by atoms with Crippen LogP contribution in [0.1, 0.15) is 48.8 Å². The zero-order valence-electron chi connectivity index (χ0n) is 22.6. The third-order valence-electron chi connectivity index (χ3n) is 10.1. The summed E-state index contributed by atoms with van der Waals surface area (Å²) >= 11 is 0. The Bertz CT molecular complexity index is 1480. The second-order valence-corrected chi connectivity index (χ2v) is 16.2. The number of hydrogen-bond acceptors (Lipinski definition) is 4. The van der Waals surface area contributed by atoms with Crippen LogP contribution in [0, 0.1) is 5.92 Å². The molecule has 7 rings (SSSR count). The standard InChI is InChI=1S/C30H34F3N3O3Si/c1-39-21-9-10-22-24(15-21)34-27-26(22)29(11-13-35(14-12-29)28(38)19-6-4-7-19)18-36(40(27)17-25(40)37)16-20-5-2-3-8-23(20)30(31,32)33/h2-3,5,8-10,15,19,25,34,37H,4,6-7,11-14,16-18H2,1H3/t25-,40+/m0/s1. The SMILES string of the molecule is COc1ccc2c3c([nH]c2c1)[Si@]1(C[C@H]1O)N(Cc1ccccc1C(F)(F)F)CC31CCN(C(=O)C2CCC2)CC1. The predicted octanol–water partition coefficient (Wildman–Crippen LogP) is 4.44. The predicted molar refractivity (Wildman–Crippen MR) is 148 cm³/mol. The van der Waals surface area contributed by atoms with Crippen molar-refractivity contribution in [2.24, 2.45) is 5.92 Å². The maximum atomic E-state index is 14.0. The molecule has 2 saturated heterocycles. The number of methoxy groups -OCH3 is 1. The number of aliphatic hydroxyl groups excluding tert-OH is 1. The molecule has 6 nitrogen and oxygen atoms in total. The topological polar surface area (TPSA) is 68.8 Å². The van der Waals surface area contributed by atoms with Crippen molar-refractivity contribution in [1.29, 1.82) is 0 Å². The number of H-pyrrole nitrogens is 1. The van der Waals surface area contributed by atoms with E-state index in [1.807, 2.05) is 17.0 Å². The Hall–Kier alpha value is -2.82.